The molecular weight excluding hydrogens is 563 g/mol. The van der Waals surface area contributed by atoms with E-state index in [4.69, 9.17) is 32.5 Å². The molecule has 5 N–H and O–H groups in total. The molecule has 0 aliphatic heterocycles. The fourth-order valence-electron chi connectivity index (χ4n) is 2.95. The highest BCUT2D eigenvalue weighted by Crippen LogP contribution is 2.38. The molecule has 0 heterocycles. The van der Waals surface area contributed by atoms with Crippen LogP contribution < -0.4 is 15.9 Å². The highest BCUT2D eigenvalue weighted by Gasteiger charge is 2.36. The van der Waals surface area contributed by atoms with Gasteiger partial charge in [-0.3, -0.25) is 9.95 Å². The zero-order valence-corrected chi connectivity index (χ0v) is 21.6. The summed E-state index contributed by atoms with van der Waals surface area (Å²) in [7, 11) is -4.80. The van der Waals surface area contributed by atoms with Crippen molar-refractivity contribution in [2.24, 2.45) is 10.8 Å². The smallest absolute Gasteiger partial charge is 0.469 e. The molecule has 2 rings (SSSR count). The van der Waals surface area contributed by atoms with Gasteiger partial charge in [0.05, 0.1) is 35.6 Å². The zero-order chi connectivity index (χ0) is 28.9. The van der Waals surface area contributed by atoms with E-state index in [0.717, 1.165) is 12.1 Å². The molecule has 0 aliphatic carbocycles. The number of alkyl halides is 6. The van der Waals surface area contributed by atoms with E-state index in [1.54, 1.807) is 0 Å². The Kier molecular flexibility index (Phi) is 10.1. The van der Waals surface area contributed by atoms with Crippen LogP contribution in [0.1, 0.15) is 36.1 Å². The van der Waals surface area contributed by atoms with Crippen molar-refractivity contribution in [2.45, 2.75) is 38.2 Å². The third kappa shape index (κ3) is 9.33. The molecule has 0 fully saturated rings. The van der Waals surface area contributed by atoms with Crippen molar-refractivity contribution in [1.82, 2.24) is 5.43 Å². The van der Waals surface area contributed by atoms with Crippen molar-refractivity contribution in [3.63, 3.8) is 0 Å². The molecule has 0 spiro atoms. The summed E-state index contributed by atoms with van der Waals surface area (Å²) in [6, 6.07) is 7.57. The lowest BCUT2D eigenvalue weighted by molar-refractivity contribution is -0.139. The number of nitrogens with two attached hydrogens (primary N) is 1. The van der Waals surface area contributed by atoms with Crippen molar-refractivity contribution in [2.75, 3.05) is 13.2 Å². The van der Waals surface area contributed by atoms with Crippen LogP contribution in [0.3, 0.4) is 0 Å². The maximum absolute atomic E-state index is 13.7. The Bertz CT molecular complexity index is 1230. The minimum Gasteiger partial charge on any atom is -0.493 e. The summed E-state index contributed by atoms with van der Waals surface area (Å²) in [4.78, 5) is 17.4. The van der Waals surface area contributed by atoms with Gasteiger partial charge in [0.1, 0.15) is 10.7 Å². The van der Waals surface area contributed by atoms with E-state index < -0.39 is 55.8 Å². The molecule has 0 radical (unpaired) electrons. The van der Waals surface area contributed by atoms with E-state index >= 15 is 0 Å². The third-order valence-electron chi connectivity index (χ3n) is 5.18. The first-order valence-electron chi connectivity index (χ1n) is 10.6. The van der Waals surface area contributed by atoms with Crippen molar-refractivity contribution >= 4 is 30.7 Å². The number of hydrogen-bond donors (Lipinski definition) is 4. The quantitative estimate of drug-likeness (QED) is 0.103. The van der Waals surface area contributed by atoms with Gasteiger partial charge < -0.3 is 20.3 Å². The fraction of sp³-hybridized carbons (Fsp3) is 0.364. The summed E-state index contributed by atoms with van der Waals surface area (Å²) in [6.07, 6.45) is -9.78. The van der Waals surface area contributed by atoms with Gasteiger partial charge in [0.25, 0.3) is 0 Å². The summed E-state index contributed by atoms with van der Waals surface area (Å²) in [5.41, 5.74) is 4.55. The number of thiocarbonyl (C=S) groups is 1. The van der Waals surface area contributed by atoms with Gasteiger partial charge >= 0.3 is 20.2 Å². The van der Waals surface area contributed by atoms with Crippen LogP contribution in [-0.2, 0) is 27.9 Å². The lowest BCUT2D eigenvalue weighted by Gasteiger charge is -2.24. The Morgan fingerprint density at radius 1 is 1.08 bits per heavy atom. The average molecular weight is 587 g/mol. The second-order valence-electron chi connectivity index (χ2n) is 8.28. The number of nitrogens with one attached hydrogen (secondary N) is 1. The van der Waals surface area contributed by atoms with Gasteiger partial charge in [-0.25, -0.2) is 4.57 Å². The molecule has 210 valence electrons. The topological polar surface area (TPSA) is 126 Å². The Labute approximate surface area is 219 Å². The van der Waals surface area contributed by atoms with Gasteiger partial charge in [-0.05, 0) is 43.7 Å². The Hall–Kier alpha value is -2.55. The number of rotatable bonds is 10. The van der Waals surface area contributed by atoms with Crippen molar-refractivity contribution in [3.05, 3.63) is 64.7 Å². The summed E-state index contributed by atoms with van der Waals surface area (Å²) < 4.78 is 101. The minimum absolute atomic E-state index is 0.0726. The molecule has 0 amide bonds. The highest BCUT2D eigenvalue weighted by atomic mass is 32.1. The fourth-order valence-corrected chi connectivity index (χ4v) is 3.56. The first-order valence-corrected chi connectivity index (χ1v) is 12.6. The van der Waals surface area contributed by atoms with Crippen LogP contribution in [0.4, 0.5) is 26.3 Å². The van der Waals surface area contributed by atoms with E-state index in [1.807, 2.05) is 0 Å². The highest BCUT2D eigenvalue weighted by molar-refractivity contribution is 7.80. The molecule has 16 heteroatoms. The average Bonchev–Trinajstić information content (AvgIpc) is 2.79. The van der Waals surface area contributed by atoms with Crippen LogP contribution >= 0.6 is 20.0 Å². The molecule has 0 saturated carbocycles. The maximum atomic E-state index is 13.7. The Morgan fingerprint density at radius 2 is 1.68 bits per heavy atom. The van der Waals surface area contributed by atoms with Crippen LogP contribution in [0.2, 0.25) is 0 Å². The van der Waals surface area contributed by atoms with Crippen LogP contribution in [0.5, 0.6) is 5.75 Å². The van der Waals surface area contributed by atoms with Crippen LogP contribution in [0.25, 0.3) is 0 Å². The first-order chi connectivity index (χ1) is 17.3. The molecule has 2 aromatic rings. The predicted octanol–water partition coefficient (Wildman–Crippen LogP) is 4.81. The monoisotopic (exact) mass is 587 g/mol. The number of halogens is 6. The van der Waals surface area contributed by atoms with E-state index in [0.29, 0.717) is 6.07 Å². The maximum Gasteiger partial charge on any atom is 0.469 e. The van der Waals surface area contributed by atoms with Crippen molar-refractivity contribution in [3.8, 4) is 5.75 Å². The normalized spacial score (nSPS) is 14.7. The van der Waals surface area contributed by atoms with Gasteiger partial charge in [-0.1, -0.05) is 30.4 Å². The second kappa shape index (κ2) is 12.1. The molecule has 8 nitrogen and oxygen atoms in total. The molecule has 0 saturated heterocycles. The zero-order valence-electron chi connectivity index (χ0n) is 19.9. The largest absolute Gasteiger partial charge is 0.493 e. The molecule has 1 atom stereocenters. The molecule has 0 unspecified atom stereocenters. The minimum atomic E-state index is -4.88. The molecular formula is C22H24F6N3O5PS. The van der Waals surface area contributed by atoms with E-state index in [9.17, 15) is 30.9 Å². The van der Waals surface area contributed by atoms with E-state index in [-0.39, 0.29) is 28.2 Å². The first kappa shape index (κ1) is 31.7. The Balaban J connectivity index is 2.17. The number of hydrazone groups is 1. The van der Waals surface area contributed by atoms with Gasteiger partial charge in [0.2, 0.25) is 0 Å². The van der Waals surface area contributed by atoms with Crippen LogP contribution in [0.15, 0.2) is 47.6 Å². The van der Waals surface area contributed by atoms with E-state index in [2.05, 4.69) is 15.1 Å². The van der Waals surface area contributed by atoms with Crippen molar-refractivity contribution in [1.29, 1.82) is 0 Å². The standard InChI is InChI=1S/C22H24F6N3O5PS/c1-13(20(2,29)12-36-37(32,33)34)30-31-19(38)15-7-8-18(17(11-15)22(26,27)28)35-10-9-14-5-3-4-6-16(14)21(23,24)25/h3-8,11H,9-10,12,29H2,1-2H3,(H,31,38)(H2,32,33,34)/b30-13+/t20-/m0/s1. The molecule has 0 aliphatic rings. The summed E-state index contributed by atoms with van der Waals surface area (Å²) in [6.45, 7) is 1.67. The van der Waals surface area contributed by atoms with Crippen molar-refractivity contribution < 1.29 is 50.0 Å². The molecule has 38 heavy (non-hydrogen) atoms. The van der Waals surface area contributed by atoms with Crippen LogP contribution in [-0.4, -0.2) is 39.2 Å². The van der Waals surface area contributed by atoms with Crippen LogP contribution in [0, 0.1) is 0 Å². The lowest BCUT2D eigenvalue weighted by atomic mass is 10.00. The lowest BCUT2D eigenvalue weighted by Crippen LogP contribution is -2.48. The summed E-state index contributed by atoms with van der Waals surface area (Å²) in [5, 5.41) is 3.86. The van der Waals surface area contributed by atoms with Gasteiger partial charge in [-0.2, -0.15) is 31.4 Å². The third-order valence-corrected chi connectivity index (χ3v) is 5.98. The van der Waals surface area contributed by atoms with Gasteiger partial charge in [0.15, 0.2) is 0 Å². The molecule has 0 aromatic heterocycles. The number of hydrogen-bond acceptors (Lipinski definition) is 6. The van der Waals surface area contributed by atoms with Gasteiger partial charge in [-0.15, -0.1) is 0 Å². The number of phosphoric ester groups is 1. The van der Waals surface area contributed by atoms with Gasteiger partial charge in [0, 0.05) is 12.0 Å². The SMILES string of the molecule is C/C(=N\NC(=S)c1ccc(OCCc2ccccc2C(F)(F)F)c(C(F)(F)F)c1)[C@@](C)(N)COP(=O)(O)O. The molecule has 0 bridgehead atoms. The second-order valence-corrected chi connectivity index (χ2v) is 9.93. The molecule has 2 aromatic carbocycles. The number of ether oxygens (including phenoxy) is 1. The summed E-state index contributed by atoms with van der Waals surface area (Å²) >= 11 is 5.08. The van der Waals surface area contributed by atoms with E-state index in [1.165, 1.54) is 38.1 Å². The number of benzene rings is 2. The number of phosphoric acid groups is 1. The summed E-state index contributed by atoms with van der Waals surface area (Å²) in [5.74, 6) is -0.600. The predicted molar refractivity (Wildman–Crippen MR) is 131 cm³/mol. The Morgan fingerprint density at radius 3 is 2.26 bits per heavy atom. The number of nitrogens with zero attached hydrogens (tertiary/aromatic N) is 1.